The van der Waals surface area contributed by atoms with Gasteiger partial charge in [0.15, 0.2) is 0 Å². The summed E-state index contributed by atoms with van der Waals surface area (Å²) in [6.07, 6.45) is 3.98. The molecule has 0 unspecified atom stereocenters. The van der Waals surface area contributed by atoms with Gasteiger partial charge in [-0.05, 0) is 5.56 Å². The van der Waals surface area contributed by atoms with E-state index in [2.05, 4.69) is 11.2 Å². The predicted molar refractivity (Wildman–Crippen MR) is 77.0 cm³/mol. The van der Waals surface area contributed by atoms with Crippen LogP contribution in [0.1, 0.15) is 23.6 Å². The van der Waals surface area contributed by atoms with Gasteiger partial charge in [-0.25, -0.2) is 0 Å². The number of aromatic nitrogens is 2. The Morgan fingerprint density at radius 1 is 1.38 bits per heavy atom. The van der Waals surface area contributed by atoms with Crippen LogP contribution >= 0.6 is 0 Å². The highest BCUT2D eigenvalue weighted by atomic mass is 16.2. The third-order valence-electron chi connectivity index (χ3n) is 3.93. The average molecular weight is 280 g/mol. The van der Waals surface area contributed by atoms with Crippen LogP contribution in [0.5, 0.6) is 0 Å². The fourth-order valence-corrected chi connectivity index (χ4v) is 2.83. The molecule has 21 heavy (non-hydrogen) atoms. The average Bonchev–Trinajstić information content (AvgIpc) is 3.05. The molecule has 5 nitrogen and oxygen atoms in total. The summed E-state index contributed by atoms with van der Waals surface area (Å²) in [5, 5.41) is 13.6. The zero-order chi connectivity index (χ0) is 14.8. The molecular formula is C16H16N4O. The Morgan fingerprint density at radius 3 is 2.86 bits per heavy atom. The molecule has 1 aromatic carbocycles. The first-order valence-electron chi connectivity index (χ1n) is 6.90. The number of benzene rings is 1. The molecule has 1 aliphatic rings. The molecule has 0 bridgehead atoms. The van der Waals surface area contributed by atoms with E-state index in [1.807, 2.05) is 41.2 Å². The monoisotopic (exact) mass is 280 g/mol. The maximum Gasteiger partial charge on any atom is 0.224 e. The van der Waals surface area contributed by atoms with Crippen molar-refractivity contribution in [3.05, 3.63) is 53.9 Å². The molecule has 1 aliphatic heterocycles. The number of carbonyl (C=O) groups is 1. The van der Waals surface area contributed by atoms with Gasteiger partial charge in [0.25, 0.3) is 0 Å². The third kappa shape index (κ3) is 2.52. The normalized spacial score (nSPS) is 21.5. The lowest BCUT2D eigenvalue weighted by Crippen LogP contribution is -2.23. The van der Waals surface area contributed by atoms with Crippen LogP contribution in [0.2, 0.25) is 0 Å². The molecule has 106 valence electrons. The first-order valence-corrected chi connectivity index (χ1v) is 6.90. The summed E-state index contributed by atoms with van der Waals surface area (Å²) >= 11 is 0. The van der Waals surface area contributed by atoms with Crippen molar-refractivity contribution in [2.75, 3.05) is 7.05 Å². The fraction of sp³-hybridized carbons (Fsp3) is 0.312. The summed E-state index contributed by atoms with van der Waals surface area (Å²) in [6, 6.07) is 12.1. The summed E-state index contributed by atoms with van der Waals surface area (Å²) in [5.41, 5.74) is 2.09. The van der Waals surface area contributed by atoms with E-state index in [0.29, 0.717) is 13.0 Å². The van der Waals surface area contributed by atoms with Gasteiger partial charge in [-0.15, -0.1) is 0 Å². The van der Waals surface area contributed by atoms with Crippen molar-refractivity contribution in [3.63, 3.8) is 0 Å². The minimum Gasteiger partial charge on any atom is -0.337 e. The molecule has 0 radical (unpaired) electrons. The van der Waals surface area contributed by atoms with E-state index >= 15 is 0 Å². The van der Waals surface area contributed by atoms with Gasteiger partial charge in [0, 0.05) is 25.2 Å². The molecule has 1 fully saturated rings. The van der Waals surface area contributed by atoms with Crippen molar-refractivity contribution < 1.29 is 4.79 Å². The summed E-state index contributed by atoms with van der Waals surface area (Å²) in [4.78, 5) is 13.4. The maximum atomic E-state index is 11.8. The van der Waals surface area contributed by atoms with Gasteiger partial charge < -0.3 is 4.90 Å². The van der Waals surface area contributed by atoms with Crippen LogP contribution in [0.25, 0.3) is 0 Å². The first-order chi connectivity index (χ1) is 10.2. The summed E-state index contributed by atoms with van der Waals surface area (Å²) in [6.45, 7) is 0.683. The molecule has 2 heterocycles. The zero-order valence-corrected chi connectivity index (χ0v) is 11.8. The quantitative estimate of drug-likeness (QED) is 0.863. The van der Waals surface area contributed by atoms with E-state index in [-0.39, 0.29) is 17.9 Å². The van der Waals surface area contributed by atoms with E-state index in [1.54, 1.807) is 18.1 Å². The van der Waals surface area contributed by atoms with Gasteiger partial charge in [-0.1, -0.05) is 30.3 Å². The lowest BCUT2D eigenvalue weighted by atomic mass is 9.97. The van der Waals surface area contributed by atoms with E-state index in [0.717, 1.165) is 5.56 Å². The summed E-state index contributed by atoms with van der Waals surface area (Å²) < 4.78 is 1.84. The van der Waals surface area contributed by atoms with E-state index in [4.69, 9.17) is 0 Å². The Kier molecular flexibility index (Phi) is 3.44. The highest BCUT2D eigenvalue weighted by Crippen LogP contribution is 2.36. The van der Waals surface area contributed by atoms with Crippen molar-refractivity contribution in [1.29, 1.82) is 5.26 Å². The number of carbonyl (C=O) groups excluding carboxylic acids is 1. The fourth-order valence-electron chi connectivity index (χ4n) is 2.83. The van der Waals surface area contributed by atoms with Crippen molar-refractivity contribution in [2.24, 2.45) is 5.92 Å². The molecule has 5 heteroatoms. The second-order valence-corrected chi connectivity index (χ2v) is 5.35. The van der Waals surface area contributed by atoms with Gasteiger partial charge in [-0.2, -0.15) is 10.4 Å². The zero-order valence-electron chi connectivity index (χ0n) is 11.8. The number of likely N-dealkylation sites (tertiary alicyclic amines) is 1. The third-order valence-corrected chi connectivity index (χ3v) is 3.93. The number of nitrogens with zero attached hydrogens (tertiary/aromatic N) is 4. The number of rotatable bonds is 3. The largest absolute Gasteiger partial charge is 0.337 e. The molecule has 2 atom stereocenters. The summed E-state index contributed by atoms with van der Waals surface area (Å²) in [7, 11) is 1.75. The van der Waals surface area contributed by atoms with Gasteiger partial charge in [0.1, 0.15) is 0 Å². The Labute approximate surface area is 123 Å². The first kappa shape index (κ1) is 13.4. The molecule has 0 N–H and O–H groups in total. The standard InChI is InChI=1S/C16H16N4O/c1-19-15(21)7-13(8-17)16(19)14-9-18-20(11-14)10-12-5-3-2-4-6-12/h2-6,9,11,13,16H,7,10H2,1H3/t13-,16-/m0/s1. The second kappa shape index (κ2) is 5.41. The highest BCUT2D eigenvalue weighted by Gasteiger charge is 2.39. The van der Waals surface area contributed by atoms with Crippen LogP contribution in [0.4, 0.5) is 0 Å². The van der Waals surface area contributed by atoms with Gasteiger partial charge >= 0.3 is 0 Å². The van der Waals surface area contributed by atoms with Crippen LogP contribution < -0.4 is 0 Å². The molecule has 3 rings (SSSR count). The Hall–Kier alpha value is -2.61. The van der Waals surface area contributed by atoms with E-state index in [9.17, 15) is 10.1 Å². The maximum absolute atomic E-state index is 11.8. The minimum atomic E-state index is -0.295. The highest BCUT2D eigenvalue weighted by molar-refractivity contribution is 5.79. The van der Waals surface area contributed by atoms with Gasteiger partial charge in [-0.3, -0.25) is 9.48 Å². The molecule has 1 amide bonds. The van der Waals surface area contributed by atoms with Crippen LogP contribution in [-0.4, -0.2) is 27.6 Å². The predicted octanol–water partition coefficient (Wildman–Crippen LogP) is 1.97. The van der Waals surface area contributed by atoms with E-state index < -0.39 is 0 Å². The smallest absolute Gasteiger partial charge is 0.224 e. The van der Waals surface area contributed by atoms with Crippen molar-refractivity contribution >= 4 is 5.91 Å². The molecule has 1 aromatic heterocycles. The lowest BCUT2D eigenvalue weighted by Gasteiger charge is -2.20. The van der Waals surface area contributed by atoms with Crippen LogP contribution in [0.3, 0.4) is 0 Å². The second-order valence-electron chi connectivity index (χ2n) is 5.35. The van der Waals surface area contributed by atoms with Crippen molar-refractivity contribution in [2.45, 2.75) is 19.0 Å². The lowest BCUT2D eigenvalue weighted by molar-refractivity contribution is -0.127. The number of nitriles is 1. The number of amides is 1. The van der Waals surface area contributed by atoms with Gasteiger partial charge in [0.05, 0.1) is 30.8 Å². The van der Waals surface area contributed by atoms with Crippen molar-refractivity contribution in [3.8, 4) is 6.07 Å². The number of hydrogen-bond donors (Lipinski definition) is 0. The Balaban J connectivity index is 1.82. The van der Waals surface area contributed by atoms with Crippen LogP contribution in [0.15, 0.2) is 42.7 Å². The SMILES string of the molecule is CN1C(=O)C[C@@H](C#N)[C@H]1c1cnn(Cc2ccccc2)c1. The van der Waals surface area contributed by atoms with Crippen LogP contribution in [0, 0.1) is 17.2 Å². The molecular weight excluding hydrogens is 264 g/mol. The number of hydrogen-bond acceptors (Lipinski definition) is 3. The van der Waals surface area contributed by atoms with Gasteiger partial charge in [0.2, 0.25) is 5.91 Å². The molecule has 0 saturated carbocycles. The van der Waals surface area contributed by atoms with Crippen LogP contribution in [-0.2, 0) is 11.3 Å². The molecule has 1 saturated heterocycles. The topological polar surface area (TPSA) is 61.9 Å². The minimum absolute atomic E-state index is 0.0161. The van der Waals surface area contributed by atoms with Crippen molar-refractivity contribution in [1.82, 2.24) is 14.7 Å². The summed E-state index contributed by atoms with van der Waals surface area (Å²) in [5.74, 6) is -0.278. The van der Waals surface area contributed by atoms with E-state index in [1.165, 1.54) is 5.56 Å². The molecule has 0 aliphatic carbocycles. The molecule has 2 aromatic rings. The molecule has 0 spiro atoms. The Bertz CT molecular complexity index is 686. The Morgan fingerprint density at radius 2 is 2.14 bits per heavy atom.